The minimum absolute atomic E-state index is 0.178. The van der Waals surface area contributed by atoms with Crippen LogP contribution in [0.25, 0.3) is 0 Å². The van der Waals surface area contributed by atoms with E-state index in [0.717, 1.165) is 18.7 Å². The van der Waals surface area contributed by atoms with E-state index in [1.165, 1.54) is 18.4 Å². The number of unbranched alkanes of at least 4 members (excludes halogenated alkanes) is 1. The maximum atomic E-state index is 12.0. The zero-order valence-electron chi connectivity index (χ0n) is 11.3. The SMILES string of the molecule is CCCCC1CN(c2ccccc2C)C(=O)CN1. The van der Waals surface area contributed by atoms with E-state index in [2.05, 4.69) is 25.2 Å². The zero-order chi connectivity index (χ0) is 13.0. The predicted molar refractivity (Wildman–Crippen MR) is 74.8 cm³/mol. The second-order valence-corrected chi connectivity index (χ2v) is 5.01. The molecule has 0 spiro atoms. The van der Waals surface area contributed by atoms with Crippen molar-refractivity contribution in [1.29, 1.82) is 0 Å². The summed E-state index contributed by atoms with van der Waals surface area (Å²) in [6.45, 7) is 5.52. The van der Waals surface area contributed by atoms with Gasteiger partial charge in [-0.3, -0.25) is 4.79 Å². The van der Waals surface area contributed by atoms with Crippen LogP contribution in [0.3, 0.4) is 0 Å². The first-order valence-corrected chi connectivity index (χ1v) is 6.81. The van der Waals surface area contributed by atoms with Crippen LogP contribution in [0.4, 0.5) is 5.69 Å². The molecule has 0 bridgehead atoms. The fraction of sp³-hybridized carbons (Fsp3) is 0.533. The molecule has 1 heterocycles. The Kier molecular flexibility index (Phi) is 4.37. The van der Waals surface area contributed by atoms with Crippen LogP contribution in [0.2, 0.25) is 0 Å². The summed E-state index contributed by atoms with van der Waals surface area (Å²) in [4.78, 5) is 14.0. The monoisotopic (exact) mass is 246 g/mol. The van der Waals surface area contributed by atoms with Crippen LogP contribution in [0, 0.1) is 6.92 Å². The molecule has 2 rings (SSSR count). The number of piperazine rings is 1. The lowest BCUT2D eigenvalue weighted by molar-refractivity contribution is -0.119. The quantitative estimate of drug-likeness (QED) is 0.885. The third-order valence-corrected chi connectivity index (χ3v) is 3.56. The minimum atomic E-state index is 0.178. The predicted octanol–water partition coefficient (Wildman–Crippen LogP) is 2.49. The van der Waals surface area contributed by atoms with Crippen molar-refractivity contribution in [3.05, 3.63) is 29.8 Å². The lowest BCUT2D eigenvalue weighted by Gasteiger charge is -2.34. The number of nitrogens with one attached hydrogen (secondary N) is 1. The highest BCUT2D eigenvalue weighted by Crippen LogP contribution is 2.22. The molecule has 18 heavy (non-hydrogen) atoms. The Hall–Kier alpha value is -1.35. The number of rotatable bonds is 4. The van der Waals surface area contributed by atoms with Crippen LogP contribution in [0.15, 0.2) is 24.3 Å². The summed E-state index contributed by atoms with van der Waals surface area (Å²) < 4.78 is 0. The molecule has 1 aromatic carbocycles. The van der Waals surface area contributed by atoms with E-state index in [9.17, 15) is 4.79 Å². The summed E-state index contributed by atoms with van der Waals surface area (Å²) in [5, 5.41) is 3.33. The van der Waals surface area contributed by atoms with Gasteiger partial charge in [0.2, 0.25) is 5.91 Å². The molecule has 1 amide bonds. The number of benzene rings is 1. The third kappa shape index (κ3) is 2.91. The van der Waals surface area contributed by atoms with Crippen LogP contribution < -0.4 is 10.2 Å². The number of amides is 1. The molecule has 1 aliphatic heterocycles. The Morgan fingerprint density at radius 1 is 1.39 bits per heavy atom. The van der Waals surface area contributed by atoms with Crippen molar-refractivity contribution in [1.82, 2.24) is 5.32 Å². The van der Waals surface area contributed by atoms with Gasteiger partial charge in [0.25, 0.3) is 0 Å². The lowest BCUT2D eigenvalue weighted by Crippen LogP contribution is -2.54. The van der Waals surface area contributed by atoms with Crippen LogP contribution in [-0.2, 0) is 4.79 Å². The molecule has 3 heteroatoms. The fourth-order valence-corrected chi connectivity index (χ4v) is 2.46. The molecule has 98 valence electrons. The molecule has 1 aliphatic rings. The summed E-state index contributed by atoms with van der Waals surface area (Å²) >= 11 is 0. The molecule has 1 N–H and O–H groups in total. The Morgan fingerprint density at radius 3 is 2.89 bits per heavy atom. The van der Waals surface area contributed by atoms with Gasteiger partial charge in [-0.05, 0) is 25.0 Å². The number of aryl methyl sites for hydroxylation is 1. The number of hydrogen-bond acceptors (Lipinski definition) is 2. The Morgan fingerprint density at radius 2 is 2.17 bits per heavy atom. The number of nitrogens with zero attached hydrogens (tertiary/aromatic N) is 1. The minimum Gasteiger partial charge on any atom is -0.309 e. The first kappa shape index (κ1) is 13.1. The van der Waals surface area contributed by atoms with E-state index in [-0.39, 0.29) is 5.91 Å². The van der Waals surface area contributed by atoms with Gasteiger partial charge in [-0.1, -0.05) is 38.0 Å². The largest absolute Gasteiger partial charge is 0.309 e. The van der Waals surface area contributed by atoms with Crippen molar-refractivity contribution in [2.75, 3.05) is 18.0 Å². The first-order chi connectivity index (χ1) is 8.72. The highest BCUT2D eigenvalue weighted by molar-refractivity contribution is 5.96. The number of para-hydroxylation sites is 1. The van der Waals surface area contributed by atoms with Gasteiger partial charge in [0.05, 0.1) is 6.54 Å². The van der Waals surface area contributed by atoms with Crippen LogP contribution >= 0.6 is 0 Å². The number of anilines is 1. The van der Waals surface area contributed by atoms with Crippen LogP contribution in [0.5, 0.6) is 0 Å². The highest BCUT2D eigenvalue weighted by atomic mass is 16.2. The fourth-order valence-electron chi connectivity index (χ4n) is 2.46. The molecule has 1 saturated heterocycles. The highest BCUT2D eigenvalue weighted by Gasteiger charge is 2.26. The zero-order valence-corrected chi connectivity index (χ0v) is 11.3. The molecule has 0 aliphatic carbocycles. The molecule has 1 atom stereocenters. The van der Waals surface area contributed by atoms with E-state index in [0.29, 0.717) is 12.6 Å². The number of carbonyl (C=O) groups is 1. The lowest BCUT2D eigenvalue weighted by atomic mass is 10.1. The van der Waals surface area contributed by atoms with Crippen LogP contribution in [-0.4, -0.2) is 25.0 Å². The molecular weight excluding hydrogens is 224 g/mol. The van der Waals surface area contributed by atoms with Gasteiger partial charge in [0.1, 0.15) is 0 Å². The average Bonchev–Trinajstić information content (AvgIpc) is 2.39. The Labute approximate surface area is 109 Å². The number of carbonyl (C=O) groups excluding carboxylic acids is 1. The molecule has 1 aromatic rings. The van der Waals surface area contributed by atoms with Crippen molar-refractivity contribution < 1.29 is 4.79 Å². The second kappa shape index (κ2) is 6.01. The maximum absolute atomic E-state index is 12.0. The van der Waals surface area contributed by atoms with Gasteiger partial charge in [0.15, 0.2) is 0 Å². The van der Waals surface area contributed by atoms with Gasteiger partial charge in [0, 0.05) is 18.3 Å². The average molecular weight is 246 g/mol. The molecule has 0 aromatic heterocycles. The van der Waals surface area contributed by atoms with E-state index in [4.69, 9.17) is 0 Å². The van der Waals surface area contributed by atoms with Gasteiger partial charge in [-0.2, -0.15) is 0 Å². The summed E-state index contributed by atoms with van der Waals surface area (Å²) in [6, 6.07) is 8.54. The Bertz CT molecular complexity index is 417. The molecular formula is C15H22N2O. The van der Waals surface area contributed by atoms with Crippen LogP contribution in [0.1, 0.15) is 31.7 Å². The summed E-state index contributed by atoms with van der Waals surface area (Å²) in [6.07, 6.45) is 3.57. The summed E-state index contributed by atoms with van der Waals surface area (Å²) in [5.41, 5.74) is 2.23. The van der Waals surface area contributed by atoms with Gasteiger partial charge in [-0.25, -0.2) is 0 Å². The summed E-state index contributed by atoms with van der Waals surface area (Å²) in [5.74, 6) is 0.178. The van der Waals surface area contributed by atoms with Crippen molar-refractivity contribution in [3.63, 3.8) is 0 Å². The third-order valence-electron chi connectivity index (χ3n) is 3.56. The second-order valence-electron chi connectivity index (χ2n) is 5.01. The molecule has 1 unspecified atom stereocenters. The van der Waals surface area contributed by atoms with Crippen molar-refractivity contribution in [3.8, 4) is 0 Å². The first-order valence-electron chi connectivity index (χ1n) is 6.81. The van der Waals surface area contributed by atoms with Crippen molar-refractivity contribution >= 4 is 11.6 Å². The van der Waals surface area contributed by atoms with Crippen molar-refractivity contribution in [2.24, 2.45) is 0 Å². The van der Waals surface area contributed by atoms with E-state index < -0.39 is 0 Å². The van der Waals surface area contributed by atoms with Gasteiger partial charge in [-0.15, -0.1) is 0 Å². The van der Waals surface area contributed by atoms with Crippen molar-refractivity contribution in [2.45, 2.75) is 39.2 Å². The van der Waals surface area contributed by atoms with E-state index >= 15 is 0 Å². The molecule has 3 nitrogen and oxygen atoms in total. The van der Waals surface area contributed by atoms with Gasteiger partial charge >= 0.3 is 0 Å². The molecule has 0 radical (unpaired) electrons. The van der Waals surface area contributed by atoms with Gasteiger partial charge < -0.3 is 10.2 Å². The topological polar surface area (TPSA) is 32.3 Å². The Balaban J connectivity index is 2.10. The maximum Gasteiger partial charge on any atom is 0.241 e. The van der Waals surface area contributed by atoms with E-state index in [1.54, 1.807) is 0 Å². The van der Waals surface area contributed by atoms with E-state index in [1.807, 2.05) is 23.1 Å². The standard InChI is InChI=1S/C15H22N2O/c1-3-4-8-13-11-17(15(18)10-16-13)14-9-6-5-7-12(14)2/h5-7,9,13,16H,3-4,8,10-11H2,1-2H3. The summed E-state index contributed by atoms with van der Waals surface area (Å²) in [7, 11) is 0. The molecule has 0 saturated carbocycles. The smallest absolute Gasteiger partial charge is 0.241 e. The molecule has 1 fully saturated rings. The normalized spacial score (nSPS) is 20.2. The number of hydrogen-bond donors (Lipinski definition) is 1.